The number of aliphatic hydroxyl groups is 1. The van der Waals surface area contributed by atoms with Crippen molar-refractivity contribution >= 4 is 40.8 Å². The van der Waals surface area contributed by atoms with Crippen molar-refractivity contribution in [1.29, 1.82) is 0 Å². The SMILES string of the molecule is O=C(Cc1ccsc1)NCC1(O)CSCCSC1. The minimum absolute atomic E-state index is 0.0129. The van der Waals surface area contributed by atoms with E-state index in [0.717, 1.165) is 17.1 Å². The first-order valence-corrected chi connectivity index (χ1v) is 9.09. The van der Waals surface area contributed by atoms with E-state index in [2.05, 4.69) is 5.32 Å². The van der Waals surface area contributed by atoms with Crippen LogP contribution in [0.2, 0.25) is 0 Å². The van der Waals surface area contributed by atoms with Gasteiger partial charge in [-0.1, -0.05) is 0 Å². The van der Waals surface area contributed by atoms with E-state index in [1.54, 1.807) is 34.9 Å². The fraction of sp³-hybridized carbons (Fsp3) is 0.583. The Morgan fingerprint density at radius 3 is 2.72 bits per heavy atom. The van der Waals surface area contributed by atoms with Crippen LogP contribution in [0.5, 0.6) is 0 Å². The summed E-state index contributed by atoms with van der Waals surface area (Å²) in [4.78, 5) is 11.8. The molecule has 2 N–H and O–H groups in total. The molecule has 0 bridgehead atoms. The minimum atomic E-state index is -0.754. The van der Waals surface area contributed by atoms with Crippen LogP contribution in [0.3, 0.4) is 0 Å². The van der Waals surface area contributed by atoms with Gasteiger partial charge in [0.05, 0.1) is 12.0 Å². The summed E-state index contributed by atoms with van der Waals surface area (Å²) in [6.45, 7) is 0.357. The van der Waals surface area contributed by atoms with Crippen LogP contribution in [0.15, 0.2) is 16.8 Å². The maximum Gasteiger partial charge on any atom is 0.224 e. The number of hydrogen-bond acceptors (Lipinski definition) is 5. The summed E-state index contributed by atoms with van der Waals surface area (Å²) in [5.74, 6) is 3.56. The molecule has 1 saturated heterocycles. The van der Waals surface area contributed by atoms with Gasteiger partial charge in [0.1, 0.15) is 0 Å². The molecule has 1 aromatic heterocycles. The molecule has 3 nitrogen and oxygen atoms in total. The third-order valence-electron chi connectivity index (χ3n) is 2.67. The topological polar surface area (TPSA) is 49.3 Å². The lowest BCUT2D eigenvalue weighted by Crippen LogP contribution is -2.47. The third-order valence-corrected chi connectivity index (χ3v) is 6.13. The molecule has 1 aromatic rings. The summed E-state index contributed by atoms with van der Waals surface area (Å²) < 4.78 is 0. The van der Waals surface area contributed by atoms with Crippen LogP contribution >= 0.6 is 34.9 Å². The lowest BCUT2D eigenvalue weighted by Gasteiger charge is -2.25. The van der Waals surface area contributed by atoms with E-state index in [4.69, 9.17) is 0 Å². The normalized spacial score (nSPS) is 19.2. The standard InChI is InChI=1S/C12H17NO2S3/c14-11(5-10-1-2-16-6-10)13-7-12(15)8-17-3-4-18-9-12/h1-2,6,15H,3-5,7-9H2,(H,13,14). The van der Waals surface area contributed by atoms with Gasteiger partial charge in [-0.3, -0.25) is 4.79 Å². The number of hydrogen-bond donors (Lipinski definition) is 2. The molecular weight excluding hydrogens is 286 g/mol. The summed E-state index contributed by atoms with van der Waals surface area (Å²) >= 11 is 5.11. The molecule has 1 aliphatic heterocycles. The van der Waals surface area contributed by atoms with Crippen molar-refractivity contribution < 1.29 is 9.90 Å². The molecule has 0 spiro atoms. The number of nitrogens with one attached hydrogen (secondary N) is 1. The molecule has 0 saturated carbocycles. The number of carbonyl (C=O) groups is 1. The van der Waals surface area contributed by atoms with Gasteiger partial charge in [0.15, 0.2) is 0 Å². The highest BCUT2D eigenvalue weighted by Crippen LogP contribution is 2.24. The van der Waals surface area contributed by atoms with Crippen LogP contribution in [0.4, 0.5) is 0 Å². The minimum Gasteiger partial charge on any atom is -0.386 e. The smallest absolute Gasteiger partial charge is 0.224 e. The molecular formula is C12H17NO2S3. The molecule has 0 atom stereocenters. The summed E-state index contributed by atoms with van der Waals surface area (Å²) in [6.07, 6.45) is 0.403. The van der Waals surface area contributed by atoms with E-state index in [-0.39, 0.29) is 5.91 Å². The van der Waals surface area contributed by atoms with E-state index in [1.807, 2.05) is 16.8 Å². The Hall–Kier alpha value is -0.170. The third kappa shape index (κ3) is 4.50. The van der Waals surface area contributed by atoms with Gasteiger partial charge in [-0.2, -0.15) is 34.9 Å². The Morgan fingerprint density at radius 1 is 1.39 bits per heavy atom. The lowest BCUT2D eigenvalue weighted by atomic mass is 10.1. The molecule has 0 radical (unpaired) electrons. The van der Waals surface area contributed by atoms with E-state index < -0.39 is 5.60 Å². The average molecular weight is 303 g/mol. The first-order valence-electron chi connectivity index (χ1n) is 5.84. The predicted molar refractivity (Wildman–Crippen MR) is 80.6 cm³/mol. The van der Waals surface area contributed by atoms with Crippen molar-refractivity contribution in [3.05, 3.63) is 22.4 Å². The first kappa shape index (κ1) is 14.2. The van der Waals surface area contributed by atoms with E-state index in [9.17, 15) is 9.90 Å². The second kappa shape index (κ2) is 6.84. The molecule has 0 unspecified atom stereocenters. The number of rotatable bonds is 4. The predicted octanol–water partition coefficient (Wildman–Crippen LogP) is 1.62. The molecule has 6 heteroatoms. The van der Waals surface area contributed by atoms with E-state index in [1.165, 1.54) is 0 Å². The van der Waals surface area contributed by atoms with Crippen molar-refractivity contribution in [3.63, 3.8) is 0 Å². The van der Waals surface area contributed by atoms with Crippen molar-refractivity contribution in [2.45, 2.75) is 12.0 Å². The Bertz CT molecular complexity index is 373. The Labute approximate surface area is 120 Å². The van der Waals surface area contributed by atoms with Crippen LogP contribution in [0.25, 0.3) is 0 Å². The van der Waals surface area contributed by atoms with Gasteiger partial charge in [0, 0.05) is 29.6 Å². The van der Waals surface area contributed by atoms with Gasteiger partial charge in [-0.25, -0.2) is 0 Å². The zero-order chi connectivity index (χ0) is 12.8. The van der Waals surface area contributed by atoms with Crippen LogP contribution in [0, 0.1) is 0 Å². The average Bonchev–Trinajstić information content (AvgIpc) is 2.75. The summed E-state index contributed by atoms with van der Waals surface area (Å²) in [5, 5.41) is 17.2. The van der Waals surface area contributed by atoms with Crippen molar-refractivity contribution in [2.24, 2.45) is 0 Å². The van der Waals surface area contributed by atoms with Crippen LogP contribution < -0.4 is 5.32 Å². The molecule has 2 rings (SSSR count). The van der Waals surface area contributed by atoms with Crippen molar-refractivity contribution in [1.82, 2.24) is 5.32 Å². The summed E-state index contributed by atoms with van der Waals surface area (Å²) in [5.41, 5.74) is 0.282. The second-order valence-corrected chi connectivity index (χ2v) is 7.40. The molecule has 2 heterocycles. The highest BCUT2D eigenvalue weighted by molar-refractivity contribution is 8.03. The van der Waals surface area contributed by atoms with Gasteiger partial charge in [-0.15, -0.1) is 0 Å². The highest BCUT2D eigenvalue weighted by Gasteiger charge is 2.29. The van der Waals surface area contributed by atoms with Gasteiger partial charge in [0.2, 0.25) is 5.91 Å². The van der Waals surface area contributed by atoms with Crippen LogP contribution in [0.1, 0.15) is 5.56 Å². The Balaban J connectivity index is 1.77. The van der Waals surface area contributed by atoms with Crippen molar-refractivity contribution in [3.8, 4) is 0 Å². The lowest BCUT2D eigenvalue weighted by molar-refractivity contribution is -0.121. The molecule has 18 heavy (non-hydrogen) atoms. The largest absolute Gasteiger partial charge is 0.386 e. The van der Waals surface area contributed by atoms with Gasteiger partial charge in [0.25, 0.3) is 0 Å². The second-order valence-electron chi connectivity index (χ2n) is 4.41. The molecule has 0 aromatic carbocycles. The molecule has 0 aliphatic carbocycles. The van der Waals surface area contributed by atoms with Crippen LogP contribution in [-0.4, -0.2) is 46.2 Å². The molecule has 1 amide bonds. The maximum atomic E-state index is 11.8. The van der Waals surface area contributed by atoms with Crippen molar-refractivity contribution in [2.75, 3.05) is 29.6 Å². The van der Waals surface area contributed by atoms with Crippen LogP contribution in [-0.2, 0) is 11.2 Å². The van der Waals surface area contributed by atoms with E-state index >= 15 is 0 Å². The highest BCUT2D eigenvalue weighted by atomic mass is 32.2. The van der Waals surface area contributed by atoms with E-state index in [0.29, 0.717) is 24.5 Å². The molecule has 1 fully saturated rings. The summed E-state index contributed by atoms with van der Waals surface area (Å²) in [6, 6.07) is 1.95. The van der Waals surface area contributed by atoms with Gasteiger partial charge >= 0.3 is 0 Å². The zero-order valence-electron chi connectivity index (χ0n) is 10.1. The first-order chi connectivity index (χ1) is 8.68. The van der Waals surface area contributed by atoms with Gasteiger partial charge < -0.3 is 10.4 Å². The fourth-order valence-electron chi connectivity index (χ4n) is 1.69. The quantitative estimate of drug-likeness (QED) is 0.887. The van der Waals surface area contributed by atoms with Gasteiger partial charge in [-0.05, 0) is 22.4 Å². The monoisotopic (exact) mass is 303 g/mol. The number of thioether (sulfide) groups is 2. The fourth-order valence-corrected chi connectivity index (χ4v) is 4.89. The maximum absolute atomic E-state index is 11.8. The molecule has 1 aliphatic rings. The number of amides is 1. The zero-order valence-corrected chi connectivity index (χ0v) is 12.5. The molecule has 100 valence electrons. The number of thiophene rings is 1. The Morgan fingerprint density at radius 2 is 2.11 bits per heavy atom. The number of carbonyl (C=O) groups excluding carboxylic acids is 1. The summed E-state index contributed by atoms with van der Waals surface area (Å²) in [7, 11) is 0. The Kier molecular flexibility index (Phi) is 5.41.